The van der Waals surface area contributed by atoms with Gasteiger partial charge >= 0.3 is 0 Å². The van der Waals surface area contributed by atoms with E-state index >= 15 is 0 Å². The Morgan fingerprint density at radius 3 is 2.83 bits per heavy atom. The highest BCUT2D eigenvalue weighted by molar-refractivity contribution is 5.91. The molecular weight excluding hydrogens is 150 g/mol. The zero-order valence-electron chi connectivity index (χ0n) is 7.24. The van der Waals surface area contributed by atoms with E-state index in [1.165, 1.54) is 13.0 Å². The van der Waals surface area contributed by atoms with Gasteiger partial charge in [0.05, 0.1) is 0 Å². The van der Waals surface area contributed by atoms with Crippen LogP contribution in [-0.4, -0.2) is 10.8 Å². The first-order valence-electron chi connectivity index (χ1n) is 3.79. The van der Waals surface area contributed by atoms with Crippen molar-refractivity contribution in [3.8, 4) is 0 Å². The highest BCUT2D eigenvalue weighted by Crippen LogP contribution is 2.02. The SMILES string of the molecule is CC(=O)/C=C\c1cncc(C)c1. The van der Waals surface area contributed by atoms with Crippen LogP contribution in [0.15, 0.2) is 24.5 Å². The molecule has 2 nitrogen and oxygen atoms in total. The summed E-state index contributed by atoms with van der Waals surface area (Å²) in [6.45, 7) is 3.50. The van der Waals surface area contributed by atoms with E-state index in [9.17, 15) is 4.79 Å². The van der Waals surface area contributed by atoms with E-state index in [2.05, 4.69) is 4.98 Å². The van der Waals surface area contributed by atoms with Crippen molar-refractivity contribution in [2.45, 2.75) is 13.8 Å². The van der Waals surface area contributed by atoms with Gasteiger partial charge in [0, 0.05) is 12.4 Å². The summed E-state index contributed by atoms with van der Waals surface area (Å²) in [7, 11) is 0. The monoisotopic (exact) mass is 161 g/mol. The van der Waals surface area contributed by atoms with E-state index in [4.69, 9.17) is 0 Å². The van der Waals surface area contributed by atoms with Crippen molar-refractivity contribution in [3.63, 3.8) is 0 Å². The predicted molar refractivity (Wildman–Crippen MR) is 48.7 cm³/mol. The Hall–Kier alpha value is -1.44. The number of carbonyl (C=O) groups is 1. The van der Waals surface area contributed by atoms with Crippen LogP contribution in [0, 0.1) is 6.92 Å². The van der Waals surface area contributed by atoms with Crippen LogP contribution in [0.1, 0.15) is 18.1 Å². The van der Waals surface area contributed by atoms with E-state index in [0.29, 0.717) is 0 Å². The number of carbonyl (C=O) groups excluding carboxylic acids is 1. The average molecular weight is 161 g/mol. The fraction of sp³-hybridized carbons (Fsp3) is 0.200. The average Bonchev–Trinajstić information content (AvgIpc) is 2.01. The molecule has 0 saturated carbocycles. The first-order valence-corrected chi connectivity index (χ1v) is 3.79. The second-order valence-electron chi connectivity index (χ2n) is 2.74. The summed E-state index contributed by atoms with van der Waals surface area (Å²) in [5, 5.41) is 0. The Morgan fingerprint density at radius 1 is 1.50 bits per heavy atom. The number of hydrogen-bond acceptors (Lipinski definition) is 2. The number of aromatic nitrogens is 1. The summed E-state index contributed by atoms with van der Waals surface area (Å²) < 4.78 is 0. The lowest BCUT2D eigenvalue weighted by Gasteiger charge is -1.93. The molecule has 0 aromatic carbocycles. The molecule has 0 spiro atoms. The molecule has 12 heavy (non-hydrogen) atoms. The summed E-state index contributed by atoms with van der Waals surface area (Å²) in [5.41, 5.74) is 2.06. The van der Waals surface area contributed by atoms with Crippen LogP contribution < -0.4 is 0 Å². The molecule has 2 heteroatoms. The van der Waals surface area contributed by atoms with Crippen molar-refractivity contribution in [2.24, 2.45) is 0 Å². The minimum atomic E-state index is 0.0523. The third-order valence-corrected chi connectivity index (χ3v) is 1.41. The molecule has 0 fully saturated rings. The van der Waals surface area contributed by atoms with Crippen molar-refractivity contribution in [1.29, 1.82) is 0 Å². The Kier molecular flexibility index (Phi) is 2.75. The fourth-order valence-corrected chi connectivity index (χ4v) is 0.883. The molecule has 0 radical (unpaired) electrons. The van der Waals surface area contributed by atoms with Gasteiger partial charge in [0.1, 0.15) is 0 Å². The van der Waals surface area contributed by atoms with Crippen molar-refractivity contribution < 1.29 is 4.79 Å². The summed E-state index contributed by atoms with van der Waals surface area (Å²) in [4.78, 5) is 14.6. The fourth-order valence-electron chi connectivity index (χ4n) is 0.883. The Bertz CT molecular complexity index is 315. The summed E-state index contributed by atoms with van der Waals surface area (Å²) in [6, 6.07) is 1.98. The third kappa shape index (κ3) is 2.66. The van der Waals surface area contributed by atoms with E-state index in [0.717, 1.165) is 11.1 Å². The van der Waals surface area contributed by atoms with Crippen LogP contribution in [0.5, 0.6) is 0 Å². The molecule has 1 heterocycles. The van der Waals surface area contributed by atoms with Gasteiger partial charge in [-0.3, -0.25) is 9.78 Å². The molecular formula is C10H11NO. The molecule has 1 aromatic heterocycles. The smallest absolute Gasteiger partial charge is 0.152 e. The van der Waals surface area contributed by atoms with Crippen molar-refractivity contribution in [2.75, 3.05) is 0 Å². The number of rotatable bonds is 2. The lowest BCUT2D eigenvalue weighted by molar-refractivity contribution is -0.112. The number of hydrogen-bond donors (Lipinski definition) is 0. The van der Waals surface area contributed by atoms with Gasteiger partial charge in [-0.1, -0.05) is 0 Å². The molecule has 0 N–H and O–H groups in total. The second kappa shape index (κ2) is 3.81. The molecule has 0 atom stereocenters. The lowest BCUT2D eigenvalue weighted by Crippen LogP contribution is -1.82. The maximum atomic E-state index is 10.6. The summed E-state index contributed by atoms with van der Waals surface area (Å²) in [5.74, 6) is 0.0523. The predicted octanol–water partition coefficient (Wildman–Crippen LogP) is 1.99. The number of ketones is 1. The molecule has 1 aromatic rings. The normalized spacial score (nSPS) is 10.5. The van der Waals surface area contributed by atoms with Crippen LogP contribution in [0.25, 0.3) is 6.08 Å². The Balaban J connectivity index is 2.83. The summed E-state index contributed by atoms with van der Waals surface area (Å²) >= 11 is 0. The van der Waals surface area contributed by atoms with E-state index in [1.54, 1.807) is 18.5 Å². The van der Waals surface area contributed by atoms with Crippen molar-refractivity contribution in [3.05, 3.63) is 35.7 Å². The minimum Gasteiger partial charge on any atom is -0.295 e. The highest BCUT2D eigenvalue weighted by Gasteiger charge is 1.88. The molecule has 0 aliphatic carbocycles. The molecule has 1 rings (SSSR count). The lowest BCUT2D eigenvalue weighted by atomic mass is 10.2. The topological polar surface area (TPSA) is 30.0 Å². The first kappa shape index (κ1) is 8.65. The van der Waals surface area contributed by atoms with Gasteiger partial charge in [0.25, 0.3) is 0 Å². The van der Waals surface area contributed by atoms with Gasteiger partial charge in [-0.05, 0) is 43.2 Å². The molecule has 0 saturated heterocycles. The van der Waals surface area contributed by atoms with Gasteiger partial charge in [-0.25, -0.2) is 0 Å². The Labute approximate surface area is 71.9 Å². The van der Waals surface area contributed by atoms with Gasteiger partial charge in [0.2, 0.25) is 0 Å². The van der Waals surface area contributed by atoms with Crippen LogP contribution in [-0.2, 0) is 4.79 Å². The van der Waals surface area contributed by atoms with E-state index < -0.39 is 0 Å². The molecule has 62 valence electrons. The largest absolute Gasteiger partial charge is 0.295 e. The second-order valence-corrected chi connectivity index (χ2v) is 2.74. The number of allylic oxidation sites excluding steroid dienone is 1. The maximum absolute atomic E-state index is 10.6. The van der Waals surface area contributed by atoms with Crippen LogP contribution in [0.2, 0.25) is 0 Å². The molecule has 0 unspecified atom stereocenters. The zero-order chi connectivity index (χ0) is 8.97. The maximum Gasteiger partial charge on any atom is 0.152 e. The van der Waals surface area contributed by atoms with Crippen molar-refractivity contribution in [1.82, 2.24) is 4.98 Å². The van der Waals surface area contributed by atoms with Gasteiger partial charge < -0.3 is 0 Å². The van der Waals surface area contributed by atoms with E-state index in [-0.39, 0.29) is 5.78 Å². The number of nitrogens with zero attached hydrogens (tertiary/aromatic N) is 1. The molecule has 0 aliphatic heterocycles. The number of aryl methyl sites for hydroxylation is 1. The van der Waals surface area contributed by atoms with Gasteiger partial charge in [-0.2, -0.15) is 0 Å². The zero-order valence-corrected chi connectivity index (χ0v) is 7.24. The quantitative estimate of drug-likeness (QED) is 0.621. The van der Waals surface area contributed by atoms with E-state index in [1.807, 2.05) is 13.0 Å². The van der Waals surface area contributed by atoms with Crippen molar-refractivity contribution >= 4 is 11.9 Å². The third-order valence-electron chi connectivity index (χ3n) is 1.41. The van der Waals surface area contributed by atoms with Gasteiger partial charge in [0.15, 0.2) is 5.78 Å². The standard InChI is InChI=1S/C10H11NO/c1-8-5-10(7-11-6-8)4-3-9(2)12/h3-7H,1-2H3/b4-3-. The molecule has 0 bridgehead atoms. The minimum absolute atomic E-state index is 0.0523. The summed E-state index contributed by atoms with van der Waals surface area (Å²) in [6.07, 6.45) is 6.82. The van der Waals surface area contributed by atoms with Crippen LogP contribution >= 0.6 is 0 Å². The Morgan fingerprint density at radius 2 is 2.25 bits per heavy atom. The highest BCUT2D eigenvalue weighted by atomic mass is 16.1. The molecule has 0 aliphatic rings. The van der Waals surface area contributed by atoms with Crippen LogP contribution in [0.3, 0.4) is 0 Å². The van der Waals surface area contributed by atoms with Crippen LogP contribution in [0.4, 0.5) is 0 Å². The number of pyridine rings is 1. The first-order chi connectivity index (χ1) is 5.68. The van der Waals surface area contributed by atoms with Gasteiger partial charge in [-0.15, -0.1) is 0 Å². The molecule has 0 amide bonds.